The van der Waals surface area contributed by atoms with Crippen molar-refractivity contribution in [2.75, 3.05) is 6.54 Å². The minimum absolute atomic E-state index is 0.0484. The monoisotopic (exact) mass is 364 g/mol. The summed E-state index contributed by atoms with van der Waals surface area (Å²) in [5.74, 6) is 0.0484. The molecule has 1 amide bonds. The second-order valence-electron chi connectivity index (χ2n) is 7.23. The van der Waals surface area contributed by atoms with E-state index in [2.05, 4.69) is 31.9 Å². The molecule has 0 fully saturated rings. The highest BCUT2D eigenvalue weighted by Gasteiger charge is 2.22. The van der Waals surface area contributed by atoms with E-state index in [4.69, 9.17) is 4.98 Å². The quantitative estimate of drug-likeness (QED) is 0.664. The Hall–Kier alpha value is -2.69. The van der Waals surface area contributed by atoms with Crippen LogP contribution in [0.25, 0.3) is 22.2 Å². The summed E-state index contributed by atoms with van der Waals surface area (Å²) in [6, 6.07) is 6.15. The smallest absolute Gasteiger partial charge is 0.254 e. The van der Waals surface area contributed by atoms with Crippen molar-refractivity contribution in [3.8, 4) is 11.3 Å². The standard InChI is InChI=1S/C22H28N4O/c1-7-25-13-17(12-23-25)20-11-19(22(27)26(8-2)14(3)4)18-10-9-15(5)16(6)21(18)24-20/h9-14H,7-8H2,1-6H3. The van der Waals surface area contributed by atoms with Crippen molar-refractivity contribution in [2.45, 2.75) is 54.1 Å². The summed E-state index contributed by atoms with van der Waals surface area (Å²) in [6.45, 7) is 13.8. The van der Waals surface area contributed by atoms with Crippen LogP contribution in [-0.4, -0.2) is 38.2 Å². The van der Waals surface area contributed by atoms with Crippen molar-refractivity contribution in [2.24, 2.45) is 0 Å². The average Bonchev–Trinajstić information content (AvgIpc) is 3.13. The van der Waals surface area contributed by atoms with Gasteiger partial charge in [0.1, 0.15) is 0 Å². The topological polar surface area (TPSA) is 51.0 Å². The van der Waals surface area contributed by atoms with Crippen LogP contribution in [0, 0.1) is 13.8 Å². The molecular formula is C22H28N4O. The highest BCUT2D eigenvalue weighted by molar-refractivity contribution is 6.08. The number of rotatable bonds is 5. The van der Waals surface area contributed by atoms with Crippen molar-refractivity contribution in [1.29, 1.82) is 0 Å². The number of nitrogens with zero attached hydrogens (tertiary/aromatic N) is 4. The van der Waals surface area contributed by atoms with Gasteiger partial charge in [-0.05, 0) is 58.7 Å². The van der Waals surface area contributed by atoms with Crippen LogP contribution in [0.5, 0.6) is 0 Å². The first-order valence-corrected chi connectivity index (χ1v) is 9.62. The van der Waals surface area contributed by atoms with Gasteiger partial charge in [0.2, 0.25) is 0 Å². The van der Waals surface area contributed by atoms with Gasteiger partial charge >= 0.3 is 0 Å². The first-order valence-electron chi connectivity index (χ1n) is 9.62. The lowest BCUT2D eigenvalue weighted by Crippen LogP contribution is -2.36. The van der Waals surface area contributed by atoms with Crippen LogP contribution in [-0.2, 0) is 6.54 Å². The molecule has 5 nitrogen and oxygen atoms in total. The van der Waals surface area contributed by atoms with Gasteiger partial charge in [-0.3, -0.25) is 9.48 Å². The van der Waals surface area contributed by atoms with Gasteiger partial charge in [0, 0.05) is 36.3 Å². The lowest BCUT2D eigenvalue weighted by Gasteiger charge is -2.26. The molecule has 0 N–H and O–H groups in total. The number of hydrogen-bond acceptors (Lipinski definition) is 3. The van der Waals surface area contributed by atoms with Crippen molar-refractivity contribution in [3.05, 3.63) is 47.3 Å². The third-order valence-electron chi connectivity index (χ3n) is 5.21. The van der Waals surface area contributed by atoms with Crippen LogP contribution in [0.3, 0.4) is 0 Å². The Labute approximate surface area is 161 Å². The maximum atomic E-state index is 13.3. The molecule has 3 rings (SSSR count). The summed E-state index contributed by atoms with van der Waals surface area (Å²) < 4.78 is 1.87. The van der Waals surface area contributed by atoms with Crippen molar-refractivity contribution < 1.29 is 4.79 Å². The van der Waals surface area contributed by atoms with Crippen LogP contribution in [0.1, 0.15) is 49.2 Å². The maximum absolute atomic E-state index is 13.3. The Bertz CT molecular complexity index is 987. The van der Waals surface area contributed by atoms with Crippen LogP contribution in [0.15, 0.2) is 30.6 Å². The molecule has 5 heteroatoms. The lowest BCUT2D eigenvalue weighted by molar-refractivity contribution is 0.0719. The van der Waals surface area contributed by atoms with Crippen LogP contribution in [0.2, 0.25) is 0 Å². The summed E-state index contributed by atoms with van der Waals surface area (Å²) >= 11 is 0. The molecule has 0 atom stereocenters. The zero-order valence-corrected chi connectivity index (χ0v) is 17.1. The zero-order valence-electron chi connectivity index (χ0n) is 17.1. The number of aryl methyl sites for hydroxylation is 3. The van der Waals surface area contributed by atoms with E-state index in [0.29, 0.717) is 12.1 Å². The van der Waals surface area contributed by atoms with E-state index in [-0.39, 0.29) is 11.9 Å². The average molecular weight is 364 g/mol. The number of aromatic nitrogens is 3. The molecule has 0 aliphatic carbocycles. The van der Waals surface area contributed by atoms with E-state index >= 15 is 0 Å². The molecule has 0 unspecified atom stereocenters. The molecule has 0 bridgehead atoms. The number of amides is 1. The van der Waals surface area contributed by atoms with Crippen molar-refractivity contribution in [3.63, 3.8) is 0 Å². The Morgan fingerprint density at radius 3 is 2.56 bits per heavy atom. The molecule has 0 aliphatic heterocycles. The summed E-state index contributed by atoms with van der Waals surface area (Å²) in [5.41, 5.74) is 5.60. The number of benzene rings is 1. The minimum atomic E-state index is 0.0484. The maximum Gasteiger partial charge on any atom is 0.254 e. The predicted molar refractivity (Wildman–Crippen MR) is 110 cm³/mol. The summed E-state index contributed by atoms with van der Waals surface area (Å²) in [5, 5.41) is 5.28. The van der Waals surface area contributed by atoms with Crippen molar-refractivity contribution >= 4 is 16.8 Å². The van der Waals surface area contributed by atoms with E-state index in [1.807, 2.05) is 54.9 Å². The molecule has 0 saturated heterocycles. The van der Waals surface area contributed by atoms with Gasteiger partial charge in [0.05, 0.1) is 23.0 Å². The number of carbonyl (C=O) groups is 1. The fourth-order valence-electron chi connectivity index (χ4n) is 3.42. The van der Waals surface area contributed by atoms with E-state index in [1.54, 1.807) is 0 Å². The van der Waals surface area contributed by atoms with Gasteiger partial charge in [0.15, 0.2) is 0 Å². The van der Waals surface area contributed by atoms with E-state index in [1.165, 1.54) is 5.56 Å². The fraction of sp³-hybridized carbons (Fsp3) is 0.409. The van der Waals surface area contributed by atoms with Crippen LogP contribution in [0.4, 0.5) is 0 Å². The van der Waals surface area contributed by atoms with Gasteiger partial charge in [-0.1, -0.05) is 12.1 Å². The number of carbonyl (C=O) groups excluding carboxylic acids is 1. The van der Waals surface area contributed by atoms with Gasteiger partial charge in [-0.25, -0.2) is 4.98 Å². The first-order chi connectivity index (χ1) is 12.9. The SMILES string of the molecule is CCN(C(=O)c1cc(-c2cnn(CC)c2)nc2c(C)c(C)ccc12)C(C)C. The molecule has 1 aromatic carbocycles. The Kier molecular flexibility index (Phi) is 5.31. The van der Waals surface area contributed by atoms with Gasteiger partial charge < -0.3 is 4.90 Å². The molecule has 2 heterocycles. The number of pyridine rings is 1. The zero-order chi connectivity index (χ0) is 19.7. The normalized spacial score (nSPS) is 11.4. The van der Waals surface area contributed by atoms with Crippen LogP contribution >= 0.6 is 0 Å². The van der Waals surface area contributed by atoms with E-state index in [9.17, 15) is 4.79 Å². The van der Waals surface area contributed by atoms with Gasteiger partial charge in [0.25, 0.3) is 5.91 Å². The lowest BCUT2D eigenvalue weighted by atomic mass is 9.99. The Morgan fingerprint density at radius 1 is 1.22 bits per heavy atom. The first kappa shape index (κ1) is 19.1. The molecule has 27 heavy (non-hydrogen) atoms. The van der Waals surface area contributed by atoms with E-state index in [0.717, 1.165) is 34.3 Å². The van der Waals surface area contributed by atoms with Gasteiger partial charge in [-0.15, -0.1) is 0 Å². The van der Waals surface area contributed by atoms with E-state index < -0.39 is 0 Å². The van der Waals surface area contributed by atoms with Gasteiger partial charge in [-0.2, -0.15) is 5.10 Å². The third kappa shape index (κ3) is 3.46. The minimum Gasteiger partial charge on any atom is -0.336 e. The largest absolute Gasteiger partial charge is 0.336 e. The third-order valence-corrected chi connectivity index (χ3v) is 5.21. The summed E-state index contributed by atoms with van der Waals surface area (Å²) in [7, 11) is 0. The second kappa shape index (κ2) is 7.51. The molecule has 2 aromatic heterocycles. The molecule has 142 valence electrons. The fourth-order valence-corrected chi connectivity index (χ4v) is 3.42. The highest BCUT2D eigenvalue weighted by Crippen LogP contribution is 2.29. The molecule has 0 saturated carbocycles. The molecule has 0 spiro atoms. The second-order valence-corrected chi connectivity index (χ2v) is 7.23. The molecule has 3 aromatic rings. The molecule has 0 aliphatic rings. The number of fused-ring (bicyclic) bond motifs is 1. The Morgan fingerprint density at radius 2 is 1.96 bits per heavy atom. The predicted octanol–water partition coefficient (Wildman–Crippen LogP) is 4.61. The molecule has 0 radical (unpaired) electrons. The number of hydrogen-bond donors (Lipinski definition) is 0. The van der Waals surface area contributed by atoms with Crippen LogP contribution < -0.4 is 0 Å². The Balaban J connectivity index is 2.27. The highest BCUT2D eigenvalue weighted by atomic mass is 16.2. The summed E-state index contributed by atoms with van der Waals surface area (Å²) in [6.07, 6.45) is 3.80. The molecular weight excluding hydrogens is 336 g/mol. The summed E-state index contributed by atoms with van der Waals surface area (Å²) in [4.78, 5) is 20.1. The van der Waals surface area contributed by atoms with Crippen molar-refractivity contribution in [1.82, 2.24) is 19.7 Å².